The number of halogens is 1. The third kappa shape index (κ3) is 4.35. The maximum Gasteiger partial charge on any atom is 0.322 e. The molecule has 8 heteroatoms. The molecular weight excluding hydrogens is 378 g/mol. The summed E-state index contributed by atoms with van der Waals surface area (Å²) in [6, 6.07) is 9.74. The maximum absolute atomic E-state index is 12.8. The Morgan fingerprint density at radius 2 is 1.85 bits per heavy atom. The van der Waals surface area contributed by atoms with Crippen LogP contribution in [0.25, 0.3) is 0 Å². The van der Waals surface area contributed by atoms with Crippen LogP contribution in [0.5, 0.6) is 5.75 Å². The Labute approximate surface area is 158 Å². The Balaban J connectivity index is 2.39. The van der Waals surface area contributed by atoms with Crippen LogP contribution in [0.3, 0.4) is 0 Å². The fourth-order valence-electron chi connectivity index (χ4n) is 2.53. The third-order valence-electron chi connectivity index (χ3n) is 4.08. The molecule has 0 aliphatic rings. The number of carboxylic acids is 1. The van der Waals surface area contributed by atoms with E-state index in [0.29, 0.717) is 16.3 Å². The van der Waals surface area contributed by atoms with E-state index in [9.17, 15) is 18.3 Å². The van der Waals surface area contributed by atoms with Crippen LogP contribution in [0, 0.1) is 6.92 Å². The van der Waals surface area contributed by atoms with Crippen LogP contribution in [0.1, 0.15) is 11.1 Å². The first-order valence-electron chi connectivity index (χ1n) is 7.76. The molecule has 0 aromatic heterocycles. The van der Waals surface area contributed by atoms with Crippen LogP contribution in [-0.2, 0) is 21.2 Å². The fraction of sp³-hybridized carbons (Fsp3) is 0.278. The Hall–Kier alpha value is -2.09. The summed E-state index contributed by atoms with van der Waals surface area (Å²) in [5, 5.41) is 10.0. The standard InChI is InChI=1S/C18H20ClNO5S/c1-12-4-7-15(8-5-12)26(23,24)20(2)16(18(21)22)11-13-10-14(19)6-9-17(13)25-3/h4-10,16H,11H2,1-3H3,(H,21,22)/t16-/m0/s1. The molecule has 0 amide bonds. The number of sulfonamides is 1. The molecule has 0 radical (unpaired) electrons. The summed E-state index contributed by atoms with van der Waals surface area (Å²) in [6.07, 6.45) is -0.0827. The molecule has 2 aromatic carbocycles. The number of hydrogen-bond donors (Lipinski definition) is 1. The van der Waals surface area contributed by atoms with E-state index in [1.54, 1.807) is 30.3 Å². The van der Waals surface area contributed by atoms with Gasteiger partial charge >= 0.3 is 5.97 Å². The van der Waals surface area contributed by atoms with Crippen molar-refractivity contribution in [2.24, 2.45) is 0 Å². The summed E-state index contributed by atoms with van der Waals surface area (Å²) in [5.41, 5.74) is 1.42. The average Bonchev–Trinajstić information content (AvgIpc) is 2.59. The molecule has 0 unspecified atom stereocenters. The smallest absolute Gasteiger partial charge is 0.322 e. The highest BCUT2D eigenvalue weighted by Gasteiger charge is 2.33. The van der Waals surface area contributed by atoms with Crippen molar-refractivity contribution in [2.75, 3.05) is 14.2 Å². The summed E-state index contributed by atoms with van der Waals surface area (Å²) in [5.74, 6) is -0.813. The number of methoxy groups -OCH3 is 1. The Bertz CT molecular complexity index is 896. The Morgan fingerprint density at radius 1 is 1.23 bits per heavy atom. The van der Waals surface area contributed by atoms with Gasteiger partial charge in [0.05, 0.1) is 12.0 Å². The van der Waals surface area contributed by atoms with Gasteiger partial charge in [-0.1, -0.05) is 29.3 Å². The molecule has 0 saturated carbocycles. The lowest BCUT2D eigenvalue weighted by atomic mass is 10.1. The topological polar surface area (TPSA) is 83.9 Å². The monoisotopic (exact) mass is 397 g/mol. The highest BCUT2D eigenvalue weighted by Crippen LogP contribution is 2.26. The van der Waals surface area contributed by atoms with E-state index in [1.165, 1.54) is 26.3 Å². The first-order chi connectivity index (χ1) is 12.2. The van der Waals surface area contributed by atoms with E-state index in [0.717, 1.165) is 9.87 Å². The number of nitrogens with zero attached hydrogens (tertiary/aromatic N) is 1. The van der Waals surface area contributed by atoms with Crippen LogP contribution in [0.15, 0.2) is 47.4 Å². The predicted molar refractivity (Wildman–Crippen MR) is 99.3 cm³/mol. The van der Waals surface area contributed by atoms with Crippen molar-refractivity contribution in [3.63, 3.8) is 0 Å². The molecule has 0 heterocycles. The molecule has 26 heavy (non-hydrogen) atoms. The van der Waals surface area contributed by atoms with E-state index < -0.39 is 22.0 Å². The molecule has 140 valence electrons. The summed E-state index contributed by atoms with van der Waals surface area (Å²) in [6.45, 7) is 1.84. The second kappa shape index (κ2) is 8.07. The minimum Gasteiger partial charge on any atom is -0.496 e. The van der Waals surface area contributed by atoms with Gasteiger partial charge in [0, 0.05) is 18.5 Å². The molecular formula is C18H20ClNO5S. The molecule has 2 rings (SSSR count). The molecule has 1 N–H and O–H groups in total. The normalized spacial score (nSPS) is 12.8. The minimum absolute atomic E-state index is 0.0370. The van der Waals surface area contributed by atoms with Crippen LogP contribution in [0.2, 0.25) is 5.02 Å². The summed E-state index contributed by atoms with van der Waals surface area (Å²) >= 11 is 5.98. The largest absolute Gasteiger partial charge is 0.496 e. The van der Waals surface area contributed by atoms with Gasteiger partial charge in [-0.15, -0.1) is 0 Å². The van der Waals surface area contributed by atoms with Gasteiger partial charge < -0.3 is 9.84 Å². The number of ether oxygens (including phenoxy) is 1. The molecule has 6 nitrogen and oxygen atoms in total. The van der Waals surface area contributed by atoms with Crippen molar-refractivity contribution >= 4 is 27.6 Å². The SMILES string of the molecule is COc1ccc(Cl)cc1C[C@@H](C(=O)O)N(C)S(=O)(=O)c1ccc(C)cc1. The first kappa shape index (κ1) is 20.2. The van der Waals surface area contributed by atoms with Gasteiger partial charge in [-0.25, -0.2) is 8.42 Å². The number of benzene rings is 2. The average molecular weight is 398 g/mol. The zero-order valence-corrected chi connectivity index (χ0v) is 16.2. The van der Waals surface area contributed by atoms with E-state index in [-0.39, 0.29) is 11.3 Å². The van der Waals surface area contributed by atoms with E-state index in [1.807, 2.05) is 6.92 Å². The second-order valence-electron chi connectivity index (χ2n) is 5.85. The number of aliphatic carboxylic acids is 1. The third-order valence-corrected chi connectivity index (χ3v) is 6.19. The van der Waals surface area contributed by atoms with Crippen molar-refractivity contribution in [3.05, 3.63) is 58.6 Å². The van der Waals surface area contributed by atoms with Gasteiger partial charge in [-0.3, -0.25) is 4.79 Å². The number of aryl methyl sites for hydroxylation is 1. The first-order valence-corrected chi connectivity index (χ1v) is 9.58. The lowest BCUT2D eigenvalue weighted by Crippen LogP contribution is -2.43. The molecule has 0 fully saturated rings. The summed E-state index contributed by atoms with van der Waals surface area (Å²) < 4.78 is 31.7. The number of rotatable bonds is 7. The molecule has 0 spiro atoms. The zero-order chi connectivity index (χ0) is 19.5. The summed E-state index contributed by atoms with van der Waals surface area (Å²) in [7, 11) is -1.26. The van der Waals surface area contributed by atoms with Gasteiger partial charge in [0.15, 0.2) is 0 Å². The minimum atomic E-state index is -3.97. The number of carbonyl (C=O) groups is 1. The van der Waals surface area contributed by atoms with Crippen molar-refractivity contribution in [2.45, 2.75) is 24.3 Å². The number of likely N-dealkylation sites (N-methyl/N-ethyl adjacent to an activating group) is 1. The molecule has 0 bridgehead atoms. The van der Waals surface area contributed by atoms with Crippen LogP contribution in [-0.4, -0.2) is 44.0 Å². The predicted octanol–water partition coefficient (Wildman–Crippen LogP) is 2.97. The van der Waals surface area contributed by atoms with Gasteiger partial charge in [0.25, 0.3) is 0 Å². The van der Waals surface area contributed by atoms with E-state index in [4.69, 9.17) is 16.3 Å². The Morgan fingerprint density at radius 3 is 2.38 bits per heavy atom. The van der Waals surface area contributed by atoms with Crippen molar-refractivity contribution < 1.29 is 23.1 Å². The molecule has 0 aliphatic heterocycles. The molecule has 0 aliphatic carbocycles. The Kier molecular flexibility index (Phi) is 6.28. The van der Waals surface area contributed by atoms with Crippen LogP contribution in [0.4, 0.5) is 0 Å². The highest BCUT2D eigenvalue weighted by atomic mass is 35.5. The van der Waals surface area contributed by atoms with E-state index >= 15 is 0 Å². The second-order valence-corrected chi connectivity index (χ2v) is 8.28. The number of carboxylic acid groups (broad SMARTS) is 1. The molecule has 0 saturated heterocycles. The van der Waals surface area contributed by atoms with Crippen LogP contribution < -0.4 is 4.74 Å². The lowest BCUT2D eigenvalue weighted by Gasteiger charge is -2.25. The van der Waals surface area contributed by atoms with Crippen LogP contribution >= 0.6 is 11.6 Å². The molecule has 2 aromatic rings. The fourth-order valence-corrected chi connectivity index (χ4v) is 4.04. The van der Waals surface area contributed by atoms with Gasteiger partial charge in [0.1, 0.15) is 11.8 Å². The van der Waals surface area contributed by atoms with Gasteiger partial charge in [-0.2, -0.15) is 4.31 Å². The highest BCUT2D eigenvalue weighted by molar-refractivity contribution is 7.89. The lowest BCUT2D eigenvalue weighted by molar-refractivity contribution is -0.141. The summed E-state index contributed by atoms with van der Waals surface area (Å²) in [4.78, 5) is 11.8. The zero-order valence-electron chi connectivity index (χ0n) is 14.6. The number of hydrogen-bond acceptors (Lipinski definition) is 4. The maximum atomic E-state index is 12.8. The van der Waals surface area contributed by atoms with E-state index in [2.05, 4.69) is 0 Å². The van der Waals surface area contributed by atoms with Crippen molar-refractivity contribution in [1.82, 2.24) is 4.31 Å². The van der Waals surface area contributed by atoms with Crippen molar-refractivity contribution in [3.8, 4) is 5.75 Å². The van der Waals surface area contributed by atoms with Crippen molar-refractivity contribution in [1.29, 1.82) is 0 Å². The quantitative estimate of drug-likeness (QED) is 0.776. The van der Waals surface area contributed by atoms with Gasteiger partial charge in [0.2, 0.25) is 10.0 Å². The molecule has 1 atom stereocenters. The van der Waals surface area contributed by atoms with Gasteiger partial charge in [-0.05, 0) is 42.8 Å².